The largest absolute Gasteiger partial charge is 0.319 e. The van der Waals surface area contributed by atoms with Crippen LogP contribution in [0.5, 0.6) is 0 Å². The van der Waals surface area contributed by atoms with E-state index in [1.165, 1.54) is 11.1 Å². The van der Waals surface area contributed by atoms with Crippen LogP contribution < -0.4 is 5.73 Å². The molecule has 2 nitrogen and oxygen atoms in total. The maximum Gasteiger partial charge on any atom is 0.157 e. The minimum absolute atomic E-state index is 0.175. The van der Waals surface area contributed by atoms with Crippen molar-refractivity contribution >= 4 is 5.78 Å². The zero-order chi connectivity index (χ0) is 12.6. The molecule has 1 aromatic carbocycles. The normalized spacial score (nSPS) is 18.8. The van der Waals surface area contributed by atoms with Crippen LogP contribution in [0.1, 0.15) is 36.5 Å². The highest BCUT2D eigenvalue weighted by Crippen LogP contribution is 2.39. The Hall–Kier alpha value is -1.15. The third kappa shape index (κ3) is 2.58. The van der Waals surface area contributed by atoms with Crippen molar-refractivity contribution in [3.63, 3.8) is 0 Å². The van der Waals surface area contributed by atoms with E-state index in [1.54, 1.807) is 0 Å². The summed E-state index contributed by atoms with van der Waals surface area (Å²) >= 11 is 0. The summed E-state index contributed by atoms with van der Waals surface area (Å²) in [5, 5.41) is 0. The van der Waals surface area contributed by atoms with Crippen molar-refractivity contribution in [2.45, 2.75) is 45.6 Å². The third-order valence-corrected chi connectivity index (χ3v) is 3.88. The highest BCUT2D eigenvalue weighted by molar-refractivity contribution is 5.90. The lowest BCUT2D eigenvalue weighted by molar-refractivity contribution is -0.123. The summed E-state index contributed by atoms with van der Waals surface area (Å²) in [5.74, 6) is 0.578. The molecule has 17 heavy (non-hydrogen) atoms. The van der Waals surface area contributed by atoms with Crippen LogP contribution in [0.2, 0.25) is 0 Å². The van der Waals surface area contributed by atoms with Gasteiger partial charge in [-0.25, -0.2) is 0 Å². The molecule has 0 bridgehead atoms. The molecule has 1 aliphatic carbocycles. The quantitative estimate of drug-likeness (QED) is 0.865. The Bertz CT molecular complexity index is 444. The topological polar surface area (TPSA) is 43.1 Å². The van der Waals surface area contributed by atoms with E-state index in [1.807, 2.05) is 13.8 Å². The van der Waals surface area contributed by atoms with Crippen LogP contribution in [-0.2, 0) is 11.2 Å². The second-order valence-corrected chi connectivity index (χ2v) is 5.59. The van der Waals surface area contributed by atoms with Crippen molar-refractivity contribution in [2.75, 3.05) is 0 Å². The van der Waals surface area contributed by atoms with Gasteiger partial charge in [-0.1, -0.05) is 23.8 Å². The van der Waals surface area contributed by atoms with Gasteiger partial charge in [-0.2, -0.15) is 0 Å². The van der Waals surface area contributed by atoms with Gasteiger partial charge in [0.2, 0.25) is 0 Å². The summed E-state index contributed by atoms with van der Waals surface area (Å²) in [5.41, 5.74) is 9.02. The number of carbonyl (C=O) groups is 1. The fourth-order valence-electron chi connectivity index (χ4n) is 2.26. The molecule has 1 saturated carbocycles. The first-order valence-corrected chi connectivity index (χ1v) is 6.29. The predicted molar refractivity (Wildman–Crippen MR) is 69.9 cm³/mol. The molecule has 0 aromatic heterocycles. The van der Waals surface area contributed by atoms with Crippen molar-refractivity contribution in [2.24, 2.45) is 11.7 Å². The van der Waals surface area contributed by atoms with Gasteiger partial charge < -0.3 is 5.73 Å². The molecule has 1 unspecified atom stereocenters. The smallest absolute Gasteiger partial charge is 0.157 e. The van der Waals surface area contributed by atoms with Crippen LogP contribution in [0.3, 0.4) is 0 Å². The second kappa shape index (κ2) is 4.26. The van der Waals surface area contributed by atoms with Gasteiger partial charge in [0.1, 0.15) is 0 Å². The highest BCUT2D eigenvalue weighted by Gasteiger charge is 2.43. The average Bonchev–Trinajstić information content (AvgIpc) is 3.07. The lowest BCUT2D eigenvalue weighted by Crippen LogP contribution is -2.48. The van der Waals surface area contributed by atoms with Crippen molar-refractivity contribution in [3.8, 4) is 0 Å². The van der Waals surface area contributed by atoms with Crippen molar-refractivity contribution < 1.29 is 4.79 Å². The molecule has 0 heterocycles. The van der Waals surface area contributed by atoms with Crippen LogP contribution in [0.25, 0.3) is 0 Å². The van der Waals surface area contributed by atoms with E-state index in [0.29, 0.717) is 12.3 Å². The maximum absolute atomic E-state index is 12.3. The fraction of sp³-hybridized carbons (Fsp3) is 0.533. The average molecular weight is 231 g/mol. The summed E-state index contributed by atoms with van der Waals surface area (Å²) in [6, 6.07) is 6.24. The van der Waals surface area contributed by atoms with Gasteiger partial charge in [-0.3, -0.25) is 4.79 Å². The van der Waals surface area contributed by atoms with Gasteiger partial charge in [0.05, 0.1) is 5.54 Å². The summed E-state index contributed by atoms with van der Waals surface area (Å²) in [6.45, 7) is 5.99. The minimum atomic E-state index is -0.629. The predicted octanol–water partition coefficient (Wildman–Crippen LogP) is 2.54. The molecule has 2 rings (SSSR count). The number of ketones is 1. The van der Waals surface area contributed by atoms with Crippen molar-refractivity contribution in [1.29, 1.82) is 0 Å². The van der Waals surface area contributed by atoms with E-state index in [2.05, 4.69) is 25.1 Å². The van der Waals surface area contributed by atoms with Crippen molar-refractivity contribution in [1.82, 2.24) is 0 Å². The molecule has 0 amide bonds. The Labute approximate surface area is 103 Å². The Morgan fingerprint density at radius 1 is 1.41 bits per heavy atom. The molecule has 0 spiro atoms. The number of rotatable bonds is 4. The molecular weight excluding hydrogens is 210 g/mol. The van der Waals surface area contributed by atoms with Crippen LogP contribution in [0, 0.1) is 19.8 Å². The van der Waals surface area contributed by atoms with Crippen LogP contribution >= 0.6 is 0 Å². The Morgan fingerprint density at radius 2 is 2.06 bits per heavy atom. The standard InChI is InChI=1S/C15H21NO/c1-10-4-5-11(2)12(8-10)9-14(17)15(3,16)13-6-7-13/h4-5,8,13H,6-7,9,16H2,1-3H3. The zero-order valence-electron chi connectivity index (χ0n) is 10.9. The molecule has 1 aromatic rings. The lowest BCUT2D eigenvalue weighted by atomic mass is 9.87. The van der Waals surface area contributed by atoms with Crippen LogP contribution in [0.4, 0.5) is 0 Å². The van der Waals surface area contributed by atoms with E-state index in [9.17, 15) is 4.79 Å². The lowest BCUT2D eigenvalue weighted by Gasteiger charge is -2.23. The van der Waals surface area contributed by atoms with E-state index >= 15 is 0 Å². The molecule has 1 atom stereocenters. The van der Waals surface area contributed by atoms with Crippen molar-refractivity contribution in [3.05, 3.63) is 34.9 Å². The zero-order valence-corrected chi connectivity index (χ0v) is 10.9. The van der Waals surface area contributed by atoms with Gasteiger partial charge in [-0.05, 0) is 50.7 Å². The van der Waals surface area contributed by atoms with E-state index < -0.39 is 5.54 Å². The number of benzene rings is 1. The summed E-state index contributed by atoms with van der Waals surface area (Å²) < 4.78 is 0. The van der Waals surface area contributed by atoms with E-state index in [4.69, 9.17) is 5.73 Å². The second-order valence-electron chi connectivity index (χ2n) is 5.59. The van der Waals surface area contributed by atoms with Gasteiger partial charge in [-0.15, -0.1) is 0 Å². The number of aryl methyl sites for hydroxylation is 2. The summed E-state index contributed by atoms with van der Waals surface area (Å²) in [4.78, 5) is 12.3. The van der Waals surface area contributed by atoms with Crippen LogP contribution in [0.15, 0.2) is 18.2 Å². The molecule has 2 heteroatoms. The molecule has 0 saturated heterocycles. The first kappa shape index (κ1) is 12.3. The molecular formula is C15H21NO. The number of hydrogen-bond acceptors (Lipinski definition) is 2. The fourth-order valence-corrected chi connectivity index (χ4v) is 2.26. The SMILES string of the molecule is Cc1ccc(C)c(CC(=O)C(C)(N)C2CC2)c1. The Balaban J connectivity index is 2.15. The molecule has 1 fully saturated rings. The van der Waals surface area contributed by atoms with Gasteiger partial charge in [0.15, 0.2) is 5.78 Å². The van der Waals surface area contributed by atoms with Gasteiger partial charge >= 0.3 is 0 Å². The monoisotopic (exact) mass is 231 g/mol. The van der Waals surface area contributed by atoms with E-state index in [-0.39, 0.29) is 5.78 Å². The summed E-state index contributed by atoms with van der Waals surface area (Å²) in [6.07, 6.45) is 2.67. The maximum atomic E-state index is 12.3. The number of nitrogens with two attached hydrogens (primary N) is 1. The van der Waals surface area contributed by atoms with Gasteiger partial charge in [0.25, 0.3) is 0 Å². The molecule has 0 aliphatic heterocycles. The van der Waals surface area contributed by atoms with Crippen LogP contribution in [-0.4, -0.2) is 11.3 Å². The number of hydrogen-bond donors (Lipinski definition) is 1. The molecule has 0 radical (unpaired) electrons. The summed E-state index contributed by atoms with van der Waals surface area (Å²) in [7, 11) is 0. The number of Topliss-reactive ketones (excluding diaryl/α,β-unsaturated/α-hetero) is 1. The highest BCUT2D eigenvalue weighted by atomic mass is 16.1. The molecule has 2 N–H and O–H groups in total. The molecule has 92 valence electrons. The Kier molecular flexibility index (Phi) is 3.09. The first-order chi connectivity index (χ1) is 7.91. The minimum Gasteiger partial charge on any atom is -0.319 e. The Morgan fingerprint density at radius 3 is 2.65 bits per heavy atom. The molecule has 1 aliphatic rings. The number of carbonyl (C=O) groups excluding carboxylic acids is 1. The third-order valence-electron chi connectivity index (χ3n) is 3.88. The van der Waals surface area contributed by atoms with E-state index in [0.717, 1.165) is 18.4 Å². The first-order valence-electron chi connectivity index (χ1n) is 6.29. The van der Waals surface area contributed by atoms with Gasteiger partial charge in [0, 0.05) is 6.42 Å².